The van der Waals surface area contributed by atoms with Gasteiger partial charge in [0.2, 0.25) is 12.0 Å². The Morgan fingerprint density at radius 1 is 1.26 bits per heavy atom. The molecule has 23 heavy (non-hydrogen) atoms. The summed E-state index contributed by atoms with van der Waals surface area (Å²) in [4.78, 5) is 46.2. The maximum Gasteiger partial charge on any atom is 0.346 e. The molecule has 0 spiro atoms. The van der Waals surface area contributed by atoms with Crippen LogP contribution in [-0.4, -0.2) is 70.2 Å². The first-order valence-corrected chi connectivity index (χ1v) is 7.16. The molecule has 0 bridgehead atoms. The van der Waals surface area contributed by atoms with Crippen molar-refractivity contribution in [3.63, 3.8) is 0 Å². The van der Waals surface area contributed by atoms with Gasteiger partial charge in [0.15, 0.2) is 0 Å². The van der Waals surface area contributed by atoms with Crippen LogP contribution in [0.2, 0.25) is 0 Å². The van der Waals surface area contributed by atoms with E-state index < -0.39 is 42.0 Å². The number of carbonyl (C=O) groups is 4. The Balaban J connectivity index is 2.61. The van der Waals surface area contributed by atoms with E-state index in [2.05, 4.69) is 0 Å². The van der Waals surface area contributed by atoms with Crippen molar-refractivity contribution in [3.8, 4) is 0 Å². The van der Waals surface area contributed by atoms with E-state index in [4.69, 9.17) is 26.4 Å². The second-order valence-electron chi connectivity index (χ2n) is 5.37. The monoisotopic (exact) mass is 331 g/mol. The van der Waals surface area contributed by atoms with E-state index in [9.17, 15) is 19.2 Å². The number of rotatable bonds is 9. The SMILES string of the molecule is NC(=O)CC[C@H](N)C(=O)OC(CN1CCC[C@H]1C(=O)O)C(=O)O. The predicted molar refractivity (Wildman–Crippen MR) is 76.2 cm³/mol. The van der Waals surface area contributed by atoms with Crippen LogP contribution >= 0.6 is 0 Å². The molecule has 1 heterocycles. The number of esters is 1. The van der Waals surface area contributed by atoms with Crippen LogP contribution in [0.1, 0.15) is 25.7 Å². The van der Waals surface area contributed by atoms with E-state index in [1.807, 2.05) is 0 Å². The molecule has 0 aromatic carbocycles. The highest BCUT2D eigenvalue weighted by molar-refractivity contribution is 5.82. The van der Waals surface area contributed by atoms with Crippen molar-refractivity contribution in [2.24, 2.45) is 11.5 Å². The molecule has 0 aromatic rings. The van der Waals surface area contributed by atoms with E-state index in [1.165, 1.54) is 4.90 Å². The Morgan fingerprint density at radius 3 is 2.43 bits per heavy atom. The van der Waals surface area contributed by atoms with Crippen LogP contribution in [0, 0.1) is 0 Å². The Hall–Kier alpha value is -2.20. The summed E-state index contributed by atoms with van der Waals surface area (Å²) in [5.74, 6) is -4.04. The number of likely N-dealkylation sites (tertiary alicyclic amines) is 1. The largest absolute Gasteiger partial charge is 0.480 e. The minimum Gasteiger partial charge on any atom is -0.480 e. The third kappa shape index (κ3) is 5.83. The number of hydrogen-bond acceptors (Lipinski definition) is 7. The fraction of sp³-hybridized carbons (Fsp3) is 0.692. The summed E-state index contributed by atoms with van der Waals surface area (Å²) in [6.45, 7) is 0.173. The molecule has 1 rings (SSSR count). The van der Waals surface area contributed by atoms with Crippen LogP contribution in [0.4, 0.5) is 0 Å². The van der Waals surface area contributed by atoms with Crippen molar-refractivity contribution in [2.45, 2.75) is 43.9 Å². The Bertz CT molecular complexity index is 482. The van der Waals surface area contributed by atoms with Gasteiger partial charge in [0.25, 0.3) is 0 Å². The summed E-state index contributed by atoms with van der Waals surface area (Å²) in [5.41, 5.74) is 10.5. The lowest BCUT2D eigenvalue weighted by Crippen LogP contribution is -2.46. The van der Waals surface area contributed by atoms with E-state index >= 15 is 0 Å². The van der Waals surface area contributed by atoms with Crippen LogP contribution in [0.25, 0.3) is 0 Å². The number of primary amides is 1. The van der Waals surface area contributed by atoms with Gasteiger partial charge in [-0.2, -0.15) is 0 Å². The van der Waals surface area contributed by atoms with Crippen molar-refractivity contribution < 1.29 is 34.1 Å². The van der Waals surface area contributed by atoms with Gasteiger partial charge < -0.3 is 26.4 Å². The molecule has 1 aliphatic rings. The molecule has 1 unspecified atom stereocenters. The lowest BCUT2D eigenvalue weighted by Gasteiger charge is -2.25. The molecular weight excluding hydrogens is 310 g/mol. The number of hydrogen-bond donors (Lipinski definition) is 4. The van der Waals surface area contributed by atoms with Gasteiger partial charge in [-0.05, 0) is 25.8 Å². The van der Waals surface area contributed by atoms with Gasteiger partial charge in [0.1, 0.15) is 12.1 Å². The minimum atomic E-state index is -1.53. The molecule has 0 aliphatic carbocycles. The Labute approximate surface area is 132 Å². The highest BCUT2D eigenvalue weighted by Crippen LogP contribution is 2.18. The molecule has 1 amide bonds. The molecule has 1 fully saturated rings. The third-order valence-electron chi connectivity index (χ3n) is 3.59. The summed E-state index contributed by atoms with van der Waals surface area (Å²) in [6, 6.07) is -1.96. The molecule has 130 valence electrons. The summed E-state index contributed by atoms with van der Waals surface area (Å²) in [5, 5.41) is 18.2. The van der Waals surface area contributed by atoms with E-state index in [-0.39, 0.29) is 19.4 Å². The van der Waals surface area contributed by atoms with Crippen LogP contribution < -0.4 is 11.5 Å². The van der Waals surface area contributed by atoms with Crippen LogP contribution in [0.5, 0.6) is 0 Å². The van der Waals surface area contributed by atoms with Crippen molar-refractivity contribution in [1.82, 2.24) is 4.90 Å². The first-order valence-electron chi connectivity index (χ1n) is 7.16. The molecular formula is C13H21N3O7. The first-order chi connectivity index (χ1) is 10.7. The summed E-state index contributed by atoms with van der Waals surface area (Å²) >= 11 is 0. The molecule has 0 radical (unpaired) electrons. The maximum absolute atomic E-state index is 11.8. The van der Waals surface area contributed by atoms with E-state index in [0.29, 0.717) is 19.4 Å². The predicted octanol–water partition coefficient (Wildman–Crippen LogP) is -1.88. The van der Waals surface area contributed by atoms with Gasteiger partial charge in [-0.15, -0.1) is 0 Å². The molecule has 3 atom stereocenters. The lowest BCUT2D eigenvalue weighted by molar-refractivity contribution is -0.167. The highest BCUT2D eigenvalue weighted by atomic mass is 16.6. The van der Waals surface area contributed by atoms with Gasteiger partial charge >= 0.3 is 17.9 Å². The average Bonchev–Trinajstić information content (AvgIpc) is 2.91. The zero-order chi connectivity index (χ0) is 17.6. The van der Waals surface area contributed by atoms with Gasteiger partial charge in [0.05, 0.1) is 0 Å². The molecule has 1 saturated heterocycles. The molecule has 0 saturated carbocycles. The summed E-state index contributed by atoms with van der Waals surface area (Å²) in [7, 11) is 0. The highest BCUT2D eigenvalue weighted by Gasteiger charge is 2.35. The standard InChI is InChI=1S/C13H21N3O7/c14-7(3-4-10(15)17)13(22)23-9(12(20)21)6-16-5-1-2-8(16)11(18)19/h7-9H,1-6,14H2,(H2,15,17)(H,18,19)(H,20,21)/t7-,8-,9?/m0/s1. The molecule has 10 nitrogen and oxygen atoms in total. The zero-order valence-corrected chi connectivity index (χ0v) is 12.5. The number of carboxylic acid groups (broad SMARTS) is 2. The number of nitrogens with two attached hydrogens (primary N) is 2. The van der Waals surface area contributed by atoms with Crippen molar-refractivity contribution in [2.75, 3.05) is 13.1 Å². The van der Waals surface area contributed by atoms with E-state index in [1.54, 1.807) is 0 Å². The Kier molecular flexibility index (Phi) is 6.91. The molecule has 0 aromatic heterocycles. The summed E-state index contributed by atoms with van der Waals surface area (Å²) < 4.78 is 4.85. The van der Waals surface area contributed by atoms with Crippen LogP contribution in [-0.2, 0) is 23.9 Å². The van der Waals surface area contributed by atoms with Gasteiger partial charge in [-0.1, -0.05) is 0 Å². The number of carboxylic acids is 2. The number of ether oxygens (including phenoxy) is 1. The normalized spacial score (nSPS) is 20.7. The number of amides is 1. The molecule has 1 aliphatic heterocycles. The lowest BCUT2D eigenvalue weighted by atomic mass is 10.1. The number of carbonyl (C=O) groups excluding carboxylic acids is 2. The average molecular weight is 331 g/mol. The van der Waals surface area contributed by atoms with Gasteiger partial charge in [-0.25, -0.2) is 4.79 Å². The van der Waals surface area contributed by atoms with Crippen LogP contribution in [0.15, 0.2) is 0 Å². The topological polar surface area (TPSA) is 173 Å². The van der Waals surface area contributed by atoms with Crippen LogP contribution in [0.3, 0.4) is 0 Å². The Morgan fingerprint density at radius 2 is 1.91 bits per heavy atom. The van der Waals surface area contributed by atoms with Crippen molar-refractivity contribution in [1.29, 1.82) is 0 Å². The quantitative estimate of drug-likeness (QED) is 0.353. The second kappa shape index (κ2) is 8.44. The fourth-order valence-electron chi connectivity index (χ4n) is 2.35. The van der Waals surface area contributed by atoms with Gasteiger partial charge in [-0.3, -0.25) is 19.3 Å². The number of nitrogens with zero attached hydrogens (tertiary/aromatic N) is 1. The zero-order valence-electron chi connectivity index (χ0n) is 12.5. The fourth-order valence-corrected chi connectivity index (χ4v) is 2.35. The first kappa shape index (κ1) is 18.8. The molecule has 10 heteroatoms. The second-order valence-corrected chi connectivity index (χ2v) is 5.37. The smallest absolute Gasteiger partial charge is 0.346 e. The minimum absolute atomic E-state index is 0.0536. The maximum atomic E-state index is 11.8. The number of aliphatic carboxylic acids is 2. The molecule has 6 N–H and O–H groups in total. The van der Waals surface area contributed by atoms with Crippen molar-refractivity contribution in [3.05, 3.63) is 0 Å². The van der Waals surface area contributed by atoms with Crippen molar-refractivity contribution >= 4 is 23.8 Å². The summed E-state index contributed by atoms with van der Waals surface area (Å²) in [6.07, 6.45) is -0.672. The third-order valence-corrected chi connectivity index (χ3v) is 3.59. The van der Waals surface area contributed by atoms with Gasteiger partial charge in [0, 0.05) is 13.0 Å². The van der Waals surface area contributed by atoms with E-state index in [0.717, 1.165) is 0 Å².